The van der Waals surface area contributed by atoms with Crippen molar-refractivity contribution in [3.8, 4) is 0 Å². The Morgan fingerprint density at radius 1 is 0.680 bits per heavy atom. The van der Waals surface area contributed by atoms with E-state index >= 15 is 0 Å². The molecule has 0 amide bonds. The molecular weight excluding hydrogens is 357 g/mol. The molecule has 2 aliphatic heterocycles. The van der Waals surface area contributed by atoms with Crippen molar-refractivity contribution in [3.05, 3.63) is 47.5 Å². The van der Waals surface area contributed by atoms with Gasteiger partial charge < -0.3 is 15.6 Å². The number of benzene rings is 2. The molecule has 0 aliphatic carbocycles. The predicted molar refractivity (Wildman–Crippen MR) is 109 cm³/mol. The van der Waals surface area contributed by atoms with Crippen molar-refractivity contribution in [1.82, 2.24) is 15.6 Å². The molecule has 0 spiro atoms. The molecule has 130 valence electrons. The number of amidine groups is 2. The topological polar surface area (TPSA) is 64.6 Å². The zero-order chi connectivity index (χ0) is 15.2. The Kier molecular flexibility index (Phi) is 4.88. The predicted octanol–water partition coefficient (Wildman–Crippen LogP) is 2.86. The third-order valence-corrected chi connectivity index (χ3v) is 4.49. The number of H-pyrrole nitrogens is 1. The van der Waals surface area contributed by atoms with Gasteiger partial charge >= 0.3 is 0 Å². The maximum Gasteiger partial charge on any atom is 0.128 e. The van der Waals surface area contributed by atoms with Crippen LogP contribution < -0.4 is 10.6 Å². The van der Waals surface area contributed by atoms with Crippen LogP contribution in [0.5, 0.6) is 0 Å². The van der Waals surface area contributed by atoms with E-state index in [1.165, 1.54) is 10.8 Å². The maximum atomic E-state index is 4.50. The minimum Gasteiger partial charge on any atom is -0.368 e. The number of aromatic amines is 1. The van der Waals surface area contributed by atoms with Gasteiger partial charge in [-0.3, -0.25) is 9.98 Å². The lowest BCUT2D eigenvalue weighted by Gasteiger charge is -2.02. The molecule has 0 fully saturated rings. The van der Waals surface area contributed by atoms with E-state index in [4.69, 9.17) is 0 Å². The summed E-state index contributed by atoms with van der Waals surface area (Å²) in [5.41, 5.74) is 4.58. The van der Waals surface area contributed by atoms with Crippen LogP contribution in [0.3, 0.4) is 0 Å². The highest BCUT2D eigenvalue weighted by Crippen LogP contribution is 2.27. The Morgan fingerprint density at radius 2 is 1.16 bits per heavy atom. The molecule has 0 bridgehead atoms. The number of nitrogens with one attached hydrogen (secondary N) is 3. The third kappa shape index (κ3) is 2.94. The molecule has 2 aromatic carbocycles. The van der Waals surface area contributed by atoms with E-state index in [1.54, 1.807) is 0 Å². The fraction of sp³-hybridized carbons (Fsp3) is 0.222. The summed E-state index contributed by atoms with van der Waals surface area (Å²) >= 11 is 0. The zero-order valence-electron chi connectivity index (χ0n) is 13.5. The Morgan fingerprint density at radius 3 is 1.56 bits per heavy atom. The van der Waals surface area contributed by atoms with Crippen molar-refractivity contribution in [2.45, 2.75) is 0 Å². The summed E-state index contributed by atoms with van der Waals surface area (Å²) in [4.78, 5) is 12.5. The van der Waals surface area contributed by atoms with Gasteiger partial charge in [0.05, 0.1) is 13.1 Å². The molecule has 2 aliphatic rings. The number of halogens is 2. The number of fused-ring (bicyclic) bond motifs is 3. The first-order valence-corrected chi connectivity index (χ1v) is 8.01. The van der Waals surface area contributed by atoms with Crippen molar-refractivity contribution in [3.63, 3.8) is 0 Å². The summed E-state index contributed by atoms with van der Waals surface area (Å²) in [7, 11) is 0. The summed E-state index contributed by atoms with van der Waals surface area (Å²) in [6.07, 6.45) is 0. The standard InChI is InChI=1S/C18H17N5.2ClH/c1-3-13-14-4-2-12(18-21-7-8-22-18)10-16(14)23-15(13)9-11(1)17-19-5-6-20-17;;/h1-4,9-10,23H,5-8H2,(H,19,20)(H,21,22);2*1H. The average molecular weight is 376 g/mol. The van der Waals surface area contributed by atoms with Crippen LogP contribution in [0, 0.1) is 0 Å². The Labute approximate surface area is 157 Å². The van der Waals surface area contributed by atoms with Crippen molar-refractivity contribution in [1.29, 1.82) is 0 Å². The first kappa shape index (κ1) is 17.6. The average Bonchev–Trinajstić information content (AvgIpc) is 3.32. The van der Waals surface area contributed by atoms with Gasteiger partial charge in [-0.1, -0.05) is 24.3 Å². The lowest BCUT2D eigenvalue weighted by molar-refractivity contribution is 0.960. The number of nitrogens with zero attached hydrogens (tertiary/aromatic N) is 2. The zero-order valence-corrected chi connectivity index (χ0v) is 15.1. The molecule has 0 saturated heterocycles. The smallest absolute Gasteiger partial charge is 0.128 e. The van der Waals surface area contributed by atoms with Crippen LogP contribution in [-0.2, 0) is 0 Å². The van der Waals surface area contributed by atoms with Crippen LogP contribution in [0.4, 0.5) is 0 Å². The van der Waals surface area contributed by atoms with Crippen LogP contribution in [0.2, 0.25) is 0 Å². The second-order valence-corrected chi connectivity index (χ2v) is 5.96. The second kappa shape index (κ2) is 6.94. The molecule has 5 rings (SSSR count). The van der Waals surface area contributed by atoms with E-state index in [0.717, 1.165) is 60.0 Å². The first-order chi connectivity index (χ1) is 11.4. The molecule has 3 aromatic rings. The maximum absolute atomic E-state index is 4.50. The van der Waals surface area contributed by atoms with Crippen LogP contribution >= 0.6 is 24.8 Å². The lowest BCUT2D eigenvalue weighted by atomic mass is 10.1. The first-order valence-electron chi connectivity index (χ1n) is 8.01. The third-order valence-electron chi connectivity index (χ3n) is 4.49. The lowest BCUT2D eigenvalue weighted by Crippen LogP contribution is -2.19. The highest BCUT2D eigenvalue weighted by atomic mass is 35.5. The Balaban J connectivity index is 0.000000911. The molecule has 0 saturated carbocycles. The SMILES string of the molecule is Cl.Cl.c1cc2c(cc1C1=NCCN1)[nH]c1cc(C3=NCCN3)ccc12. The van der Waals surface area contributed by atoms with Gasteiger partial charge in [0.2, 0.25) is 0 Å². The van der Waals surface area contributed by atoms with E-state index in [0.29, 0.717) is 0 Å². The van der Waals surface area contributed by atoms with Gasteiger partial charge in [0.15, 0.2) is 0 Å². The van der Waals surface area contributed by atoms with Gasteiger partial charge in [-0.15, -0.1) is 24.8 Å². The largest absolute Gasteiger partial charge is 0.368 e. The van der Waals surface area contributed by atoms with Crippen molar-refractivity contribution < 1.29 is 0 Å². The molecule has 7 heteroatoms. The van der Waals surface area contributed by atoms with Gasteiger partial charge in [-0.25, -0.2) is 0 Å². The number of hydrogen-bond acceptors (Lipinski definition) is 4. The van der Waals surface area contributed by atoms with Gasteiger partial charge in [-0.05, 0) is 12.1 Å². The highest BCUT2D eigenvalue weighted by Gasteiger charge is 2.13. The van der Waals surface area contributed by atoms with Crippen LogP contribution in [0.1, 0.15) is 11.1 Å². The molecule has 1 aromatic heterocycles. The fourth-order valence-electron chi connectivity index (χ4n) is 3.39. The molecule has 25 heavy (non-hydrogen) atoms. The number of hydrogen-bond donors (Lipinski definition) is 3. The van der Waals surface area contributed by atoms with Crippen LogP contribution in [0.15, 0.2) is 46.4 Å². The fourth-order valence-corrected chi connectivity index (χ4v) is 3.39. The van der Waals surface area contributed by atoms with Crippen molar-refractivity contribution in [2.75, 3.05) is 26.2 Å². The molecular formula is C18H19Cl2N5. The normalized spacial score (nSPS) is 15.8. The van der Waals surface area contributed by atoms with Crippen LogP contribution in [-0.4, -0.2) is 42.8 Å². The van der Waals surface area contributed by atoms with E-state index < -0.39 is 0 Å². The van der Waals surface area contributed by atoms with Gasteiger partial charge in [0, 0.05) is 46.0 Å². The summed E-state index contributed by atoms with van der Waals surface area (Å²) in [5, 5.41) is 9.15. The van der Waals surface area contributed by atoms with E-state index in [1.807, 2.05) is 0 Å². The Bertz CT molecular complexity index is 911. The van der Waals surface area contributed by atoms with E-state index in [2.05, 4.69) is 62.0 Å². The highest BCUT2D eigenvalue weighted by molar-refractivity contribution is 6.12. The van der Waals surface area contributed by atoms with Gasteiger partial charge in [0.25, 0.3) is 0 Å². The molecule has 3 N–H and O–H groups in total. The monoisotopic (exact) mass is 375 g/mol. The van der Waals surface area contributed by atoms with E-state index in [9.17, 15) is 0 Å². The molecule has 0 radical (unpaired) electrons. The molecule has 0 atom stereocenters. The second-order valence-electron chi connectivity index (χ2n) is 5.96. The number of aromatic nitrogens is 1. The van der Waals surface area contributed by atoms with Crippen LogP contribution in [0.25, 0.3) is 21.8 Å². The number of rotatable bonds is 2. The van der Waals surface area contributed by atoms with Gasteiger partial charge in [0.1, 0.15) is 11.7 Å². The van der Waals surface area contributed by atoms with Crippen molar-refractivity contribution >= 4 is 58.3 Å². The molecule has 0 unspecified atom stereocenters. The minimum absolute atomic E-state index is 0. The van der Waals surface area contributed by atoms with E-state index in [-0.39, 0.29) is 24.8 Å². The number of aliphatic imine (C=N–C) groups is 2. The van der Waals surface area contributed by atoms with Gasteiger partial charge in [-0.2, -0.15) is 0 Å². The quantitative estimate of drug-likeness (QED) is 0.644. The Hall–Kier alpha value is -2.24. The summed E-state index contributed by atoms with van der Waals surface area (Å²) < 4.78 is 0. The van der Waals surface area contributed by atoms with Crippen molar-refractivity contribution in [2.24, 2.45) is 9.98 Å². The summed E-state index contributed by atoms with van der Waals surface area (Å²) in [6.45, 7) is 3.58. The minimum atomic E-state index is 0. The molecule has 5 nitrogen and oxygen atoms in total. The summed E-state index contributed by atoms with van der Waals surface area (Å²) in [6, 6.07) is 13.0. The molecule has 3 heterocycles. The summed E-state index contributed by atoms with van der Waals surface area (Å²) in [5.74, 6) is 1.99.